The minimum atomic E-state index is -0.520. The van der Waals surface area contributed by atoms with Crippen LogP contribution in [0.1, 0.15) is 26.5 Å². The molecule has 0 unspecified atom stereocenters. The molecule has 0 N–H and O–H groups in total. The van der Waals surface area contributed by atoms with Crippen molar-refractivity contribution >= 4 is 17.8 Å². The Balaban J connectivity index is 2.27. The molecule has 1 aromatic carbocycles. The van der Waals surface area contributed by atoms with Crippen molar-refractivity contribution in [2.45, 2.75) is 0 Å². The number of ketones is 2. The second kappa shape index (κ2) is 6.17. The largest absolute Gasteiger partial charge is 0.340 e. The highest BCUT2D eigenvalue weighted by atomic mass is 16.2. The lowest BCUT2D eigenvalue weighted by molar-refractivity contribution is 0.0812. The van der Waals surface area contributed by atoms with Gasteiger partial charge in [-0.15, -0.1) is 0 Å². The number of carbonyl (C=O) groups excluding carboxylic acids is 2. The minimum Gasteiger partial charge on any atom is -0.340 e. The number of hydrazone groups is 1. The normalized spacial score (nSPS) is 10.8. The quantitative estimate of drug-likeness (QED) is 0.365. The minimum absolute atomic E-state index is 0.351. The number of aromatic nitrogens is 1. The monoisotopic (exact) mass is 283 g/mol. The van der Waals surface area contributed by atoms with Crippen LogP contribution in [-0.4, -0.2) is 41.5 Å². The molecule has 0 fully saturated rings. The van der Waals surface area contributed by atoms with E-state index in [9.17, 15) is 9.59 Å². The Labute approximate surface area is 123 Å². The second-order valence-electron chi connectivity index (χ2n) is 4.82. The molecule has 0 radical (unpaired) electrons. The van der Waals surface area contributed by atoms with Crippen molar-refractivity contribution in [1.29, 1.82) is 0 Å². The van der Waals surface area contributed by atoms with Crippen molar-refractivity contribution in [3.05, 3.63) is 59.4 Å². The lowest BCUT2D eigenvalue weighted by atomic mass is 10.1. The van der Waals surface area contributed by atoms with Gasteiger partial charge in [-0.25, -0.2) is 0 Å². The fraction of sp³-hybridized carbons (Fsp3) is 0.188. The third-order valence-corrected chi connectivity index (χ3v) is 3.06. The van der Waals surface area contributed by atoms with Gasteiger partial charge in [0.2, 0.25) is 11.6 Å². The number of nitrogens with zero attached hydrogens (tertiary/aromatic N) is 3. The smallest absolute Gasteiger partial charge is 0.249 e. The van der Waals surface area contributed by atoms with Gasteiger partial charge in [-0.05, 0) is 12.1 Å². The van der Waals surface area contributed by atoms with Crippen LogP contribution in [0.5, 0.6) is 0 Å². The highest BCUT2D eigenvalue weighted by Gasteiger charge is 2.21. The first-order valence-electron chi connectivity index (χ1n) is 6.52. The average molecular weight is 283 g/mol. The number of rotatable bonds is 5. The number of hydrogen-bond donors (Lipinski definition) is 0. The first-order valence-corrected chi connectivity index (χ1v) is 6.52. The van der Waals surface area contributed by atoms with Crippen molar-refractivity contribution in [1.82, 2.24) is 9.58 Å². The summed E-state index contributed by atoms with van der Waals surface area (Å²) in [6.45, 7) is 0. The molecule has 108 valence electrons. The summed E-state index contributed by atoms with van der Waals surface area (Å²) in [5, 5.41) is 5.78. The molecular formula is C16H17N3O2. The standard InChI is InChI=1S/C16H17N3O2/c1-18(2)17-11-13-9-10-14(19(13)3)16(21)15(20)12-7-5-4-6-8-12/h4-11H,1-3H3/b17-11+. The molecular weight excluding hydrogens is 266 g/mol. The Kier molecular flexibility index (Phi) is 4.33. The molecule has 5 nitrogen and oxygen atoms in total. The molecule has 0 aliphatic carbocycles. The topological polar surface area (TPSA) is 54.7 Å². The van der Waals surface area contributed by atoms with Gasteiger partial charge in [0.25, 0.3) is 0 Å². The van der Waals surface area contributed by atoms with Crippen molar-refractivity contribution in [2.75, 3.05) is 14.1 Å². The number of benzene rings is 1. The maximum Gasteiger partial charge on any atom is 0.249 e. The molecule has 21 heavy (non-hydrogen) atoms. The fourth-order valence-corrected chi connectivity index (χ4v) is 1.90. The lowest BCUT2D eigenvalue weighted by Gasteiger charge is -2.05. The summed E-state index contributed by atoms with van der Waals surface area (Å²) in [4.78, 5) is 24.5. The van der Waals surface area contributed by atoms with E-state index in [0.29, 0.717) is 11.3 Å². The van der Waals surface area contributed by atoms with Crippen LogP contribution in [0.2, 0.25) is 0 Å². The maximum absolute atomic E-state index is 12.3. The van der Waals surface area contributed by atoms with E-state index in [4.69, 9.17) is 0 Å². The molecule has 0 aliphatic heterocycles. The van der Waals surface area contributed by atoms with Crippen LogP contribution in [0, 0.1) is 0 Å². The van der Waals surface area contributed by atoms with E-state index in [1.54, 1.807) is 65.3 Å². The van der Waals surface area contributed by atoms with Crippen molar-refractivity contribution in [3.63, 3.8) is 0 Å². The van der Waals surface area contributed by atoms with Crippen molar-refractivity contribution < 1.29 is 9.59 Å². The molecule has 0 saturated heterocycles. The van der Waals surface area contributed by atoms with Gasteiger partial charge in [-0.2, -0.15) is 5.10 Å². The molecule has 0 aliphatic rings. The summed E-state index contributed by atoms with van der Waals surface area (Å²) in [6, 6.07) is 12.0. The van der Waals surface area contributed by atoms with E-state index in [1.165, 1.54) is 0 Å². The Morgan fingerprint density at radius 1 is 1.05 bits per heavy atom. The van der Waals surface area contributed by atoms with Gasteiger partial charge >= 0.3 is 0 Å². The average Bonchev–Trinajstić information content (AvgIpc) is 2.85. The fourth-order valence-electron chi connectivity index (χ4n) is 1.90. The van der Waals surface area contributed by atoms with E-state index < -0.39 is 11.6 Å². The third kappa shape index (κ3) is 3.25. The molecule has 0 atom stereocenters. The van der Waals surface area contributed by atoms with Crippen molar-refractivity contribution in [2.24, 2.45) is 12.1 Å². The van der Waals surface area contributed by atoms with Gasteiger partial charge in [0, 0.05) is 26.7 Å². The van der Waals surface area contributed by atoms with Gasteiger partial charge in [-0.1, -0.05) is 30.3 Å². The number of carbonyl (C=O) groups is 2. The maximum atomic E-state index is 12.3. The molecule has 0 saturated carbocycles. The summed E-state index contributed by atoms with van der Waals surface area (Å²) in [5.74, 6) is -1.03. The van der Waals surface area contributed by atoms with E-state index >= 15 is 0 Å². The van der Waals surface area contributed by atoms with Gasteiger partial charge < -0.3 is 9.58 Å². The molecule has 0 spiro atoms. The molecule has 0 bridgehead atoms. The summed E-state index contributed by atoms with van der Waals surface area (Å²) in [5.41, 5.74) is 1.50. The first kappa shape index (κ1) is 14.7. The van der Waals surface area contributed by atoms with E-state index in [1.807, 2.05) is 14.1 Å². The Morgan fingerprint density at radius 2 is 1.71 bits per heavy atom. The zero-order chi connectivity index (χ0) is 15.4. The molecule has 2 aromatic rings. The van der Waals surface area contributed by atoms with Crippen LogP contribution < -0.4 is 0 Å². The van der Waals surface area contributed by atoms with Crippen LogP contribution in [-0.2, 0) is 7.05 Å². The van der Waals surface area contributed by atoms with E-state index in [-0.39, 0.29) is 0 Å². The van der Waals surface area contributed by atoms with Crippen LogP contribution in [0.15, 0.2) is 47.6 Å². The number of hydrogen-bond acceptors (Lipinski definition) is 4. The molecule has 0 amide bonds. The summed E-state index contributed by atoms with van der Waals surface area (Å²) < 4.78 is 1.66. The predicted octanol–water partition coefficient (Wildman–Crippen LogP) is 1.99. The summed E-state index contributed by atoms with van der Waals surface area (Å²) in [7, 11) is 5.36. The van der Waals surface area contributed by atoms with Crippen LogP contribution in [0.25, 0.3) is 0 Å². The van der Waals surface area contributed by atoms with Gasteiger partial charge in [0.15, 0.2) is 0 Å². The zero-order valence-electron chi connectivity index (χ0n) is 12.3. The Bertz CT molecular complexity index is 685. The van der Waals surface area contributed by atoms with Gasteiger partial charge in [-0.3, -0.25) is 9.59 Å². The van der Waals surface area contributed by atoms with Gasteiger partial charge in [0.05, 0.1) is 17.6 Å². The molecule has 1 aromatic heterocycles. The van der Waals surface area contributed by atoms with Crippen LogP contribution >= 0.6 is 0 Å². The lowest BCUT2D eigenvalue weighted by Crippen LogP contribution is -2.18. The molecule has 5 heteroatoms. The Hall–Kier alpha value is -2.69. The highest BCUT2D eigenvalue weighted by Crippen LogP contribution is 2.10. The first-order chi connectivity index (χ1) is 10.0. The summed E-state index contributed by atoms with van der Waals surface area (Å²) in [6.07, 6.45) is 1.64. The summed E-state index contributed by atoms with van der Waals surface area (Å²) >= 11 is 0. The van der Waals surface area contributed by atoms with Crippen molar-refractivity contribution in [3.8, 4) is 0 Å². The number of Topliss-reactive ketones (excluding diaryl/α,β-unsaturated/α-hetero) is 2. The van der Waals surface area contributed by atoms with Crippen LogP contribution in [0.4, 0.5) is 0 Å². The molecule has 1 heterocycles. The Morgan fingerprint density at radius 3 is 2.33 bits per heavy atom. The van der Waals surface area contributed by atoms with E-state index in [0.717, 1.165) is 5.69 Å². The SMILES string of the molecule is CN(C)/N=C/c1ccc(C(=O)C(=O)c2ccccc2)n1C. The molecule has 2 rings (SSSR count). The second-order valence-corrected chi connectivity index (χ2v) is 4.82. The third-order valence-electron chi connectivity index (χ3n) is 3.06. The van der Waals surface area contributed by atoms with Crippen LogP contribution in [0.3, 0.4) is 0 Å². The van der Waals surface area contributed by atoms with E-state index in [2.05, 4.69) is 5.10 Å². The zero-order valence-corrected chi connectivity index (χ0v) is 12.3. The van der Waals surface area contributed by atoms with Gasteiger partial charge in [0.1, 0.15) is 0 Å². The predicted molar refractivity (Wildman–Crippen MR) is 81.8 cm³/mol. The highest BCUT2D eigenvalue weighted by molar-refractivity contribution is 6.48.